The molecule has 7 heteroatoms. The van der Waals surface area contributed by atoms with Crippen molar-refractivity contribution in [3.8, 4) is 5.75 Å². The Morgan fingerprint density at radius 3 is 2.14 bits per heavy atom. The second-order valence-corrected chi connectivity index (χ2v) is 7.49. The van der Waals surface area contributed by atoms with Gasteiger partial charge >= 0.3 is 12.1 Å². The molecule has 2 aromatic rings. The monoisotopic (exact) mass is 403 g/mol. The van der Waals surface area contributed by atoms with Crippen molar-refractivity contribution in [1.82, 2.24) is 5.32 Å². The molecule has 29 heavy (non-hydrogen) atoms. The summed E-state index contributed by atoms with van der Waals surface area (Å²) < 4.78 is 28.6. The molecule has 0 saturated heterocycles. The van der Waals surface area contributed by atoms with Crippen molar-refractivity contribution in [2.24, 2.45) is 0 Å². The van der Waals surface area contributed by atoms with Crippen LogP contribution in [0.15, 0.2) is 48.5 Å². The first-order valence-corrected chi connectivity index (χ1v) is 9.20. The average molecular weight is 403 g/mol. The molecule has 0 spiro atoms. The van der Waals surface area contributed by atoms with Crippen molar-refractivity contribution in [3.63, 3.8) is 0 Å². The Bertz CT molecular complexity index is 813. The zero-order chi connectivity index (χ0) is 21.4. The number of hydrogen-bond acceptors (Lipinski definition) is 5. The van der Waals surface area contributed by atoms with Gasteiger partial charge < -0.3 is 19.5 Å². The van der Waals surface area contributed by atoms with Crippen molar-refractivity contribution < 1.29 is 28.2 Å². The fourth-order valence-electron chi connectivity index (χ4n) is 2.49. The summed E-state index contributed by atoms with van der Waals surface area (Å²) in [6, 6.07) is 12.3. The molecule has 156 valence electrons. The largest absolute Gasteiger partial charge is 0.489 e. The molecule has 1 atom stereocenters. The molecular formula is C22H26FNO5. The van der Waals surface area contributed by atoms with E-state index in [2.05, 4.69) is 5.32 Å². The zero-order valence-corrected chi connectivity index (χ0v) is 17.0. The summed E-state index contributed by atoms with van der Waals surface area (Å²) in [4.78, 5) is 24.0. The summed E-state index contributed by atoms with van der Waals surface area (Å²) in [5, 5.41) is 2.54. The molecule has 0 fully saturated rings. The minimum Gasteiger partial charge on any atom is -0.489 e. The van der Waals surface area contributed by atoms with Gasteiger partial charge in [-0.3, -0.25) is 0 Å². The lowest BCUT2D eigenvalue weighted by Gasteiger charge is -2.22. The van der Waals surface area contributed by atoms with Gasteiger partial charge in [0.15, 0.2) is 0 Å². The van der Waals surface area contributed by atoms with E-state index < -0.39 is 23.7 Å². The van der Waals surface area contributed by atoms with Gasteiger partial charge in [-0.15, -0.1) is 0 Å². The molecule has 0 saturated carbocycles. The fraction of sp³-hybridized carbons (Fsp3) is 0.364. The van der Waals surface area contributed by atoms with Gasteiger partial charge in [0.25, 0.3) is 0 Å². The molecule has 0 aromatic heterocycles. The van der Waals surface area contributed by atoms with Crippen molar-refractivity contribution >= 4 is 12.1 Å². The van der Waals surface area contributed by atoms with Crippen LogP contribution in [-0.2, 0) is 27.3 Å². The van der Waals surface area contributed by atoms with Crippen molar-refractivity contribution in [3.05, 3.63) is 65.5 Å². The van der Waals surface area contributed by atoms with E-state index in [9.17, 15) is 14.0 Å². The van der Waals surface area contributed by atoms with Crippen LogP contribution in [0, 0.1) is 5.82 Å². The van der Waals surface area contributed by atoms with Crippen LogP contribution in [-0.4, -0.2) is 30.8 Å². The Morgan fingerprint density at radius 1 is 1.00 bits per heavy atom. The molecule has 0 aliphatic rings. The van der Waals surface area contributed by atoms with E-state index in [-0.39, 0.29) is 12.2 Å². The SMILES string of the molecule is COC(=O)C(Cc1ccc(OCc2ccc(F)cc2)cc1)NC(=O)OC(C)(C)C. The van der Waals surface area contributed by atoms with Crippen LogP contribution in [0.3, 0.4) is 0 Å². The zero-order valence-electron chi connectivity index (χ0n) is 17.0. The summed E-state index contributed by atoms with van der Waals surface area (Å²) in [5.74, 6) is -0.224. The van der Waals surface area contributed by atoms with Crippen LogP contribution in [0.25, 0.3) is 0 Å². The molecule has 2 aromatic carbocycles. The van der Waals surface area contributed by atoms with Crippen LogP contribution in [0.2, 0.25) is 0 Å². The number of halogens is 1. The van der Waals surface area contributed by atoms with Gasteiger partial charge in [0, 0.05) is 6.42 Å². The number of amides is 1. The molecule has 1 unspecified atom stereocenters. The Labute approximate surface area is 170 Å². The van der Waals surface area contributed by atoms with E-state index >= 15 is 0 Å². The van der Waals surface area contributed by atoms with Crippen LogP contribution >= 0.6 is 0 Å². The Morgan fingerprint density at radius 2 is 1.59 bits per heavy atom. The molecule has 1 N–H and O–H groups in total. The number of hydrogen-bond donors (Lipinski definition) is 1. The van der Waals surface area contributed by atoms with E-state index in [0.29, 0.717) is 12.4 Å². The van der Waals surface area contributed by atoms with Gasteiger partial charge in [-0.25, -0.2) is 14.0 Å². The maximum Gasteiger partial charge on any atom is 0.408 e. The van der Waals surface area contributed by atoms with E-state index in [1.54, 1.807) is 57.2 Å². The molecule has 0 aliphatic heterocycles. The first-order valence-electron chi connectivity index (χ1n) is 9.20. The second kappa shape index (κ2) is 9.91. The summed E-state index contributed by atoms with van der Waals surface area (Å²) in [5.41, 5.74) is 0.988. The quantitative estimate of drug-likeness (QED) is 0.707. The normalized spacial score (nSPS) is 12.0. The molecule has 0 aliphatic carbocycles. The van der Waals surface area contributed by atoms with Gasteiger partial charge in [-0.1, -0.05) is 24.3 Å². The number of benzene rings is 2. The first-order chi connectivity index (χ1) is 13.7. The summed E-state index contributed by atoms with van der Waals surface area (Å²) in [6.45, 7) is 5.53. The molecular weight excluding hydrogens is 377 g/mol. The number of nitrogens with one attached hydrogen (secondary N) is 1. The van der Waals surface area contributed by atoms with E-state index in [1.165, 1.54) is 19.2 Å². The van der Waals surface area contributed by atoms with Crippen molar-refractivity contribution in [2.45, 2.75) is 45.4 Å². The predicted molar refractivity (Wildman–Crippen MR) is 106 cm³/mol. The smallest absolute Gasteiger partial charge is 0.408 e. The predicted octanol–water partition coefficient (Wildman–Crippen LogP) is 4.01. The Balaban J connectivity index is 1.95. The molecule has 0 bridgehead atoms. The number of ether oxygens (including phenoxy) is 3. The first kappa shape index (κ1) is 22.2. The van der Waals surface area contributed by atoms with Gasteiger partial charge in [0.05, 0.1) is 7.11 Å². The van der Waals surface area contributed by atoms with E-state index in [1.807, 2.05) is 0 Å². The minimum absolute atomic E-state index is 0.240. The highest BCUT2D eigenvalue weighted by atomic mass is 19.1. The highest BCUT2D eigenvalue weighted by molar-refractivity contribution is 5.81. The fourth-order valence-corrected chi connectivity index (χ4v) is 2.49. The number of carbonyl (C=O) groups is 2. The minimum atomic E-state index is -0.874. The highest BCUT2D eigenvalue weighted by Crippen LogP contribution is 2.16. The third-order valence-corrected chi connectivity index (χ3v) is 3.86. The lowest BCUT2D eigenvalue weighted by atomic mass is 10.1. The summed E-state index contributed by atoms with van der Waals surface area (Å²) in [6.07, 6.45) is -0.448. The maximum absolute atomic E-state index is 12.9. The van der Waals surface area contributed by atoms with Crippen LogP contribution in [0.1, 0.15) is 31.9 Å². The topological polar surface area (TPSA) is 73.9 Å². The van der Waals surface area contributed by atoms with E-state index in [0.717, 1.165) is 11.1 Å². The molecule has 2 rings (SSSR count). The van der Waals surface area contributed by atoms with E-state index in [4.69, 9.17) is 14.2 Å². The van der Waals surface area contributed by atoms with Gasteiger partial charge in [0.1, 0.15) is 29.8 Å². The van der Waals surface area contributed by atoms with Crippen LogP contribution in [0.5, 0.6) is 5.75 Å². The van der Waals surface area contributed by atoms with Gasteiger partial charge in [0.2, 0.25) is 0 Å². The molecule has 0 radical (unpaired) electrons. The number of alkyl carbamates (subject to hydrolysis) is 1. The number of esters is 1. The lowest BCUT2D eigenvalue weighted by Crippen LogP contribution is -2.45. The summed E-state index contributed by atoms with van der Waals surface area (Å²) >= 11 is 0. The van der Waals surface area contributed by atoms with Crippen LogP contribution in [0.4, 0.5) is 9.18 Å². The third-order valence-electron chi connectivity index (χ3n) is 3.86. The molecule has 6 nitrogen and oxygen atoms in total. The Hall–Kier alpha value is -3.09. The van der Waals surface area contributed by atoms with Crippen LogP contribution < -0.4 is 10.1 Å². The Kier molecular flexibility index (Phi) is 7.59. The third kappa shape index (κ3) is 7.81. The highest BCUT2D eigenvalue weighted by Gasteiger charge is 2.25. The molecule has 1 amide bonds. The standard InChI is InChI=1S/C22H26FNO5/c1-22(2,3)29-21(26)24-19(20(25)27-4)13-15-7-11-18(12-8-15)28-14-16-5-9-17(23)10-6-16/h5-12,19H,13-14H2,1-4H3,(H,24,26). The molecule has 0 heterocycles. The average Bonchev–Trinajstić information content (AvgIpc) is 2.66. The maximum atomic E-state index is 12.9. The van der Waals surface area contributed by atoms with Crippen molar-refractivity contribution in [1.29, 1.82) is 0 Å². The van der Waals surface area contributed by atoms with Crippen molar-refractivity contribution in [2.75, 3.05) is 7.11 Å². The number of methoxy groups -OCH3 is 1. The number of carbonyl (C=O) groups excluding carboxylic acids is 2. The summed E-state index contributed by atoms with van der Waals surface area (Å²) in [7, 11) is 1.26. The van der Waals surface area contributed by atoms with Gasteiger partial charge in [-0.05, 0) is 56.2 Å². The van der Waals surface area contributed by atoms with Gasteiger partial charge in [-0.2, -0.15) is 0 Å². The lowest BCUT2D eigenvalue weighted by molar-refractivity contribution is -0.143. The second-order valence-electron chi connectivity index (χ2n) is 7.49. The number of rotatable bonds is 7.